The first-order valence-electron chi connectivity index (χ1n) is 7.43. The monoisotopic (exact) mass is 346 g/mol. The van der Waals surface area contributed by atoms with E-state index < -0.39 is 6.18 Å². The standard InChI is InChI=1S/C18H13F3N2O2/c19-18(20,21)8-7-12-1-3-13(4-2-12)17(24)23-14-5-6-15-16(11-14)25-10-9-22-15/h1-6,11,22H,9-10H2,(H,23,24). The number of hydrogen-bond acceptors (Lipinski definition) is 3. The van der Waals surface area contributed by atoms with E-state index in [1.165, 1.54) is 30.2 Å². The highest BCUT2D eigenvalue weighted by Gasteiger charge is 2.22. The van der Waals surface area contributed by atoms with Gasteiger partial charge >= 0.3 is 6.18 Å². The zero-order chi connectivity index (χ0) is 17.9. The average molecular weight is 346 g/mol. The molecule has 0 unspecified atom stereocenters. The van der Waals surface area contributed by atoms with E-state index in [-0.39, 0.29) is 11.5 Å². The molecule has 0 saturated carbocycles. The Morgan fingerprint density at radius 3 is 2.64 bits per heavy atom. The van der Waals surface area contributed by atoms with E-state index >= 15 is 0 Å². The van der Waals surface area contributed by atoms with E-state index in [1.54, 1.807) is 18.2 Å². The maximum atomic E-state index is 12.2. The molecule has 7 heteroatoms. The van der Waals surface area contributed by atoms with Crippen molar-refractivity contribution in [2.24, 2.45) is 0 Å². The second-order valence-electron chi connectivity index (χ2n) is 5.27. The van der Waals surface area contributed by atoms with Crippen molar-refractivity contribution in [2.75, 3.05) is 23.8 Å². The Morgan fingerprint density at radius 1 is 1.16 bits per heavy atom. The normalized spacial score (nSPS) is 12.8. The molecule has 0 spiro atoms. The summed E-state index contributed by atoms with van der Waals surface area (Å²) in [4.78, 5) is 12.2. The molecule has 0 aliphatic carbocycles. The smallest absolute Gasteiger partial charge is 0.458 e. The number of fused-ring (bicyclic) bond motifs is 1. The van der Waals surface area contributed by atoms with Crippen LogP contribution in [0.4, 0.5) is 24.5 Å². The Bertz CT molecular complexity index is 849. The molecule has 2 N–H and O–H groups in total. The highest BCUT2D eigenvalue weighted by atomic mass is 19.4. The van der Waals surface area contributed by atoms with Crippen LogP contribution in [0, 0.1) is 11.8 Å². The van der Waals surface area contributed by atoms with Gasteiger partial charge in [-0.3, -0.25) is 4.79 Å². The summed E-state index contributed by atoms with van der Waals surface area (Å²) in [5, 5.41) is 5.89. The van der Waals surface area contributed by atoms with E-state index in [0.29, 0.717) is 23.6 Å². The Kier molecular flexibility index (Phi) is 4.52. The second kappa shape index (κ2) is 6.77. The van der Waals surface area contributed by atoms with E-state index in [9.17, 15) is 18.0 Å². The molecule has 0 radical (unpaired) electrons. The van der Waals surface area contributed by atoms with E-state index in [4.69, 9.17) is 4.74 Å². The fourth-order valence-electron chi connectivity index (χ4n) is 2.26. The van der Waals surface area contributed by atoms with Gasteiger partial charge in [0.2, 0.25) is 0 Å². The van der Waals surface area contributed by atoms with E-state index in [0.717, 1.165) is 12.2 Å². The molecule has 0 aromatic heterocycles. The summed E-state index contributed by atoms with van der Waals surface area (Å²) in [6.07, 6.45) is -4.54. The van der Waals surface area contributed by atoms with Crippen molar-refractivity contribution in [2.45, 2.75) is 6.18 Å². The summed E-state index contributed by atoms with van der Waals surface area (Å²) in [5.74, 6) is 3.47. The highest BCUT2D eigenvalue weighted by molar-refractivity contribution is 6.04. The molecule has 128 valence electrons. The Labute approximate surface area is 142 Å². The third-order valence-corrected chi connectivity index (χ3v) is 3.41. The third-order valence-electron chi connectivity index (χ3n) is 3.41. The van der Waals surface area contributed by atoms with Crippen LogP contribution in [-0.2, 0) is 0 Å². The summed E-state index contributed by atoms with van der Waals surface area (Å²) < 4.78 is 41.7. The van der Waals surface area contributed by atoms with Crippen LogP contribution >= 0.6 is 0 Å². The lowest BCUT2D eigenvalue weighted by molar-refractivity contribution is -0.0696. The molecule has 3 rings (SSSR count). The van der Waals surface area contributed by atoms with Crippen LogP contribution in [-0.4, -0.2) is 25.2 Å². The number of halogens is 3. The molecule has 0 saturated heterocycles. The summed E-state index contributed by atoms with van der Waals surface area (Å²) in [6, 6.07) is 10.8. The molecule has 0 fully saturated rings. The number of carbonyl (C=O) groups excluding carboxylic acids is 1. The van der Waals surface area contributed by atoms with Gasteiger partial charge in [0, 0.05) is 35.3 Å². The third kappa shape index (κ3) is 4.44. The quantitative estimate of drug-likeness (QED) is 0.816. The zero-order valence-electron chi connectivity index (χ0n) is 12.9. The molecule has 2 aromatic carbocycles. The van der Waals surface area contributed by atoms with Gasteiger partial charge < -0.3 is 15.4 Å². The molecular formula is C18H13F3N2O2. The fraction of sp³-hybridized carbons (Fsp3) is 0.167. The average Bonchev–Trinajstić information content (AvgIpc) is 2.59. The Hall–Kier alpha value is -3.14. The van der Waals surface area contributed by atoms with E-state index in [2.05, 4.69) is 10.6 Å². The number of rotatable bonds is 2. The summed E-state index contributed by atoms with van der Waals surface area (Å²) >= 11 is 0. The van der Waals surface area contributed by atoms with Crippen molar-refractivity contribution >= 4 is 17.3 Å². The minimum atomic E-state index is -4.54. The van der Waals surface area contributed by atoms with Crippen LogP contribution in [0.1, 0.15) is 15.9 Å². The number of hydrogen-bond donors (Lipinski definition) is 2. The summed E-state index contributed by atoms with van der Waals surface area (Å²) in [5.41, 5.74) is 1.92. The first kappa shape index (κ1) is 16.7. The number of ether oxygens (including phenoxy) is 1. The van der Waals surface area contributed by atoms with Crippen LogP contribution in [0.15, 0.2) is 42.5 Å². The topological polar surface area (TPSA) is 50.4 Å². The van der Waals surface area contributed by atoms with Crippen molar-refractivity contribution in [3.05, 3.63) is 53.6 Å². The Balaban J connectivity index is 1.70. The van der Waals surface area contributed by atoms with Crippen LogP contribution < -0.4 is 15.4 Å². The first-order chi connectivity index (χ1) is 11.9. The van der Waals surface area contributed by atoms with Crippen molar-refractivity contribution in [3.8, 4) is 17.6 Å². The fourth-order valence-corrected chi connectivity index (χ4v) is 2.26. The molecule has 4 nitrogen and oxygen atoms in total. The summed E-state index contributed by atoms with van der Waals surface area (Å²) in [6.45, 7) is 1.27. The number of carbonyl (C=O) groups is 1. The van der Waals surface area contributed by atoms with E-state index in [1.807, 2.05) is 5.92 Å². The Morgan fingerprint density at radius 2 is 1.92 bits per heavy atom. The zero-order valence-corrected chi connectivity index (χ0v) is 12.9. The number of anilines is 2. The van der Waals surface area contributed by atoms with Crippen LogP contribution in [0.2, 0.25) is 0 Å². The van der Waals surface area contributed by atoms with Crippen LogP contribution in [0.3, 0.4) is 0 Å². The molecule has 2 aromatic rings. The lowest BCUT2D eigenvalue weighted by Gasteiger charge is -2.19. The number of benzene rings is 2. The second-order valence-corrected chi connectivity index (χ2v) is 5.27. The lowest BCUT2D eigenvalue weighted by atomic mass is 10.1. The predicted octanol–water partition coefficient (Wildman–Crippen LogP) is 3.66. The van der Waals surface area contributed by atoms with Crippen molar-refractivity contribution in [1.82, 2.24) is 0 Å². The van der Waals surface area contributed by atoms with Gasteiger partial charge in [0.25, 0.3) is 5.91 Å². The molecule has 0 atom stereocenters. The number of amides is 1. The maximum absolute atomic E-state index is 12.2. The van der Waals surface area contributed by atoms with Crippen LogP contribution in [0.25, 0.3) is 0 Å². The van der Waals surface area contributed by atoms with Crippen molar-refractivity contribution < 1.29 is 22.7 Å². The van der Waals surface area contributed by atoms with Crippen molar-refractivity contribution in [3.63, 3.8) is 0 Å². The van der Waals surface area contributed by atoms with Gasteiger partial charge in [-0.1, -0.05) is 5.92 Å². The first-order valence-corrected chi connectivity index (χ1v) is 7.43. The molecular weight excluding hydrogens is 333 g/mol. The van der Waals surface area contributed by atoms with Gasteiger partial charge in [0.1, 0.15) is 12.4 Å². The largest absolute Gasteiger partial charge is 0.490 e. The summed E-state index contributed by atoms with van der Waals surface area (Å²) in [7, 11) is 0. The van der Waals surface area contributed by atoms with Gasteiger partial charge in [-0.15, -0.1) is 0 Å². The van der Waals surface area contributed by atoms with Gasteiger partial charge in [-0.05, 0) is 36.4 Å². The minimum Gasteiger partial charge on any atom is -0.490 e. The molecule has 1 aliphatic heterocycles. The lowest BCUT2D eigenvalue weighted by Crippen LogP contribution is -2.18. The minimum absolute atomic E-state index is 0.183. The predicted molar refractivity (Wildman–Crippen MR) is 87.8 cm³/mol. The van der Waals surface area contributed by atoms with Gasteiger partial charge in [-0.25, -0.2) is 0 Å². The number of nitrogens with one attached hydrogen (secondary N) is 2. The molecule has 0 bridgehead atoms. The highest BCUT2D eigenvalue weighted by Crippen LogP contribution is 2.30. The maximum Gasteiger partial charge on any atom is 0.458 e. The molecule has 25 heavy (non-hydrogen) atoms. The number of alkyl halides is 3. The van der Waals surface area contributed by atoms with Crippen molar-refractivity contribution in [1.29, 1.82) is 0 Å². The van der Waals surface area contributed by atoms with Crippen LogP contribution in [0.5, 0.6) is 5.75 Å². The van der Waals surface area contributed by atoms with Gasteiger partial charge in [0.05, 0.1) is 5.69 Å². The molecule has 1 amide bonds. The molecule has 1 heterocycles. The molecule has 1 aliphatic rings. The SMILES string of the molecule is O=C(Nc1ccc2c(c1)OCCN2)c1ccc(C#CC(F)(F)F)cc1. The van der Waals surface area contributed by atoms with Gasteiger partial charge in [-0.2, -0.15) is 13.2 Å². The van der Waals surface area contributed by atoms with Gasteiger partial charge in [0.15, 0.2) is 0 Å².